The summed E-state index contributed by atoms with van der Waals surface area (Å²) < 4.78 is 5.25. The second-order valence-corrected chi connectivity index (χ2v) is 7.11. The zero-order valence-electron chi connectivity index (χ0n) is 13.5. The standard InChI is InChI=1S/C17H27N3O2/c1-3-10(2)14-9-15(22-20-14)17(21)19-16-11-5-4-6-12(16)8-13(18)7-11/h9-13,16H,3-8,18H2,1-2H3,(H,19,21). The normalized spacial score (nSPS) is 32.5. The maximum absolute atomic E-state index is 12.5. The van der Waals surface area contributed by atoms with Gasteiger partial charge in [0.2, 0.25) is 5.76 Å². The minimum absolute atomic E-state index is 0.126. The van der Waals surface area contributed by atoms with Gasteiger partial charge in [0.15, 0.2) is 0 Å². The molecule has 0 aromatic carbocycles. The fourth-order valence-electron chi connectivity index (χ4n) is 4.08. The van der Waals surface area contributed by atoms with Crippen LogP contribution in [0.15, 0.2) is 10.6 Å². The summed E-state index contributed by atoms with van der Waals surface area (Å²) in [4.78, 5) is 12.5. The van der Waals surface area contributed by atoms with Crippen LogP contribution in [0.1, 0.15) is 74.5 Å². The van der Waals surface area contributed by atoms with Gasteiger partial charge in [-0.15, -0.1) is 0 Å². The number of nitrogens with zero attached hydrogens (tertiary/aromatic N) is 1. The molecule has 0 spiro atoms. The molecule has 0 saturated heterocycles. The highest BCUT2D eigenvalue weighted by Crippen LogP contribution is 2.39. The number of aromatic nitrogens is 1. The molecular formula is C17H27N3O2. The number of nitrogens with two attached hydrogens (primary N) is 1. The van der Waals surface area contributed by atoms with E-state index >= 15 is 0 Å². The van der Waals surface area contributed by atoms with Gasteiger partial charge in [0.1, 0.15) is 0 Å². The molecule has 2 fully saturated rings. The molecule has 3 N–H and O–H groups in total. The van der Waals surface area contributed by atoms with E-state index in [1.165, 1.54) is 19.3 Å². The maximum atomic E-state index is 12.5. The Labute approximate surface area is 132 Å². The molecule has 0 aliphatic heterocycles. The Kier molecular flexibility index (Phi) is 4.52. The van der Waals surface area contributed by atoms with Gasteiger partial charge < -0.3 is 15.6 Å². The van der Waals surface area contributed by atoms with Crippen molar-refractivity contribution in [2.75, 3.05) is 0 Å². The molecular weight excluding hydrogens is 278 g/mol. The van der Waals surface area contributed by atoms with Crippen molar-refractivity contribution in [3.8, 4) is 0 Å². The lowest BCUT2D eigenvalue weighted by molar-refractivity contribution is 0.0724. The average Bonchev–Trinajstić information content (AvgIpc) is 2.97. The van der Waals surface area contributed by atoms with Gasteiger partial charge in [0.05, 0.1) is 5.69 Å². The first-order valence-electron chi connectivity index (χ1n) is 8.61. The summed E-state index contributed by atoms with van der Waals surface area (Å²) in [6.45, 7) is 4.19. The van der Waals surface area contributed by atoms with Crippen LogP contribution in [-0.2, 0) is 0 Å². The first-order chi connectivity index (χ1) is 10.6. The van der Waals surface area contributed by atoms with Crippen molar-refractivity contribution in [1.82, 2.24) is 10.5 Å². The topological polar surface area (TPSA) is 81.2 Å². The zero-order valence-corrected chi connectivity index (χ0v) is 13.5. The van der Waals surface area contributed by atoms with E-state index in [2.05, 4.69) is 24.3 Å². The van der Waals surface area contributed by atoms with Gasteiger partial charge in [-0.3, -0.25) is 4.79 Å². The summed E-state index contributed by atoms with van der Waals surface area (Å²) in [5.41, 5.74) is 7.00. The molecule has 2 aliphatic rings. The van der Waals surface area contributed by atoms with E-state index in [0.29, 0.717) is 29.6 Å². The fraction of sp³-hybridized carbons (Fsp3) is 0.765. The number of carbonyl (C=O) groups is 1. The van der Waals surface area contributed by atoms with E-state index in [1.54, 1.807) is 6.07 Å². The quantitative estimate of drug-likeness (QED) is 0.896. The first-order valence-corrected chi connectivity index (χ1v) is 8.61. The van der Waals surface area contributed by atoms with E-state index in [1.807, 2.05) is 0 Å². The number of rotatable bonds is 4. The van der Waals surface area contributed by atoms with E-state index in [0.717, 1.165) is 25.0 Å². The monoisotopic (exact) mass is 305 g/mol. The van der Waals surface area contributed by atoms with E-state index < -0.39 is 0 Å². The Morgan fingerprint density at radius 2 is 2.14 bits per heavy atom. The summed E-state index contributed by atoms with van der Waals surface area (Å²) in [5.74, 6) is 1.56. The zero-order chi connectivity index (χ0) is 15.7. The Morgan fingerprint density at radius 1 is 1.45 bits per heavy atom. The van der Waals surface area contributed by atoms with Crippen LogP contribution in [0.25, 0.3) is 0 Å². The van der Waals surface area contributed by atoms with Crippen molar-refractivity contribution in [2.45, 2.75) is 70.4 Å². The van der Waals surface area contributed by atoms with Gasteiger partial charge in [-0.1, -0.05) is 25.4 Å². The molecule has 1 amide bonds. The van der Waals surface area contributed by atoms with E-state index in [9.17, 15) is 4.79 Å². The number of hydrogen-bond donors (Lipinski definition) is 2. The molecule has 0 radical (unpaired) electrons. The lowest BCUT2D eigenvalue weighted by atomic mass is 9.67. The Bertz CT molecular complexity index is 514. The summed E-state index contributed by atoms with van der Waals surface area (Å²) in [5, 5.41) is 7.23. The number of nitrogens with one attached hydrogen (secondary N) is 1. The smallest absolute Gasteiger partial charge is 0.290 e. The third kappa shape index (κ3) is 3.05. The van der Waals surface area contributed by atoms with Crippen molar-refractivity contribution >= 4 is 5.91 Å². The molecule has 1 aromatic heterocycles. The minimum atomic E-state index is -0.126. The van der Waals surface area contributed by atoms with Crippen molar-refractivity contribution in [2.24, 2.45) is 17.6 Å². The summed E-state index contributed by atoms with van der Waals surface area (Å²) >= 11 is 0. The number of hydrogen-bond acceptors (Lipinski definition) is 4. The molecule has 1 heterocycles. The van der Waals surface area contributed by atoms with Crippen molar-refractivity contribution in [1.29, 1.82) is 0 Å². The van der Waals surface area contributed by atoms with Crippen molar-refractivity contribution in [3.05, 3.63) is 17.5 Å². The van der Waals surface area contributed by atoms with Crippen LogP contribution in [0.3, 0.4) is 0 Å². The van der Waals surface area contributed by atoms with Gasteiger partial charge in [-0.05, 0) is 43.9 Å². The summed E-state index contributed by atoms with van der Waals surface area (Å²) in [7, 11) is 0. The average molecular weight is 305 g/mol. The van der Waals surface area contributed by atoms with Crippen LogP contribution in [0.4, 0.5) is 0 Å². The summed E-state index contributed by atoms with van der Waals surface area (Å²) in [6, 6.07) is 2.33. The van der Waals surface area contributed by atoms with Crippen LogP contribution < -0.4 is 11.1 Å². The molecule has 3 atom stereocenters. The van der Waals surface area contributed by atoms with Gasteiger partial charge in [0, 0.05) is 24.1 Å². The number of amides is 1. The molecule has 2 aliphatic carbocycles. The molecule has 122 valence electrons. The molecule has 3 unspecified atom stereocenters. The predicted octanol–water partition coefficient (Wildman–Crippen LogP) is 2.82. The van der Waals surface area contributed by atoms with Crippen LogP contribution in [-0.4, -0.2) is 23.1 Å². The molecule has 5 heteroatoms. The number of fused-ring (bicyclic) bond motifs is 2. The molecule has 5 nitrogen and oxygen atoms in total. The van der Waals surface area contributed by atoms with Crippen molar-refractivity contribution < 1.29 is 9.32 Å². The first kappa shape index (κ1) is 15.5. The van der Waals surface area contributed by atoms with Crippen LogP contribution >= 0.6 is 0 Å². The Balaban J connectivity index is 1.67. The summed E-state index contributed by atoms with van der Waals surface area (Å²) in [6.07, 6.45) is 6.63. The third-order valence-electron chi connectivity index (χ3n) is 5.54. The van der Waals surface area contributed by atoms with E-state index in [-0.39, 0.29) is 11.9 Å². The highest BCUT2D eigenvalue weighted by Gasteiger charge is 2.40. The molecule has 2 saturated carbocycles. The van der Waals surface area contributed by atoms with Gasteiger partial charge >= 0.3 is 0 Å². The minimum Gasteiger partial charge on any atom is -0.351 e. The lowest BCUT2D eigenvalue weighted by Gasteiger charge is -2.45. The van der Waals surface area contributed by atoms with Crippen LogP contribution in [0.2, 0.25) is 0 Å². The molecule has 1 aromatic rings. The Morgan fingerprint density at radius 3 is 2.77 bits per heavy atom. The lowest BCUT2D eigenvalue weighted by Crippen LogP contribution is -2.53. The highest BCUT2D eigenvalue weighted by molar-refractivity contribution is 5.91. The third-order valence-corrected chi connectivity index (χ3v) is 5.54. The highest BCUT2D eigenvalue weighted by atomic mass is 16.5. The van der Waals surface area contributed by atoms with Gasteiger partial charge in [0.25, 0.3) is 5.91 Å². The van der Waals surface area contributed by atoms with Gasteiger partial charge in [-0.25, -0.2) is 0 Å². The Hall–Kier alpha value is -1.36. The van der Waals surface area contributed by atoms with E-state index in [4.69, 9.17) is 10.3 Å². The number of carbonyl (C=O) groups excluding carboxylic acids is 1. The van der Waals surface area contributed by atoms with Crippen LogP contribution in [0.5, 0.6) is 0 Å². The van der Waals surface area contributed by atoms with Crippen molar-refractivity contribution in [3.63, 3.8) is 0 Å². The second kappa shape index (κ2) is 6.41. The molecule has 3 rings (SSSR count). The molecule has 2 bridgehead atoms. The maximum Gasteiger partial charge on any atom is 0.290 e. The largest absolute Gasteiger partial charge is 0.351 e. The van der Waals surface area contributed by atoms with Crippen LogP contribution in [0, 0.1) is 11.8 Å². The predicted molar refractivity (Wildman–Crippen MR) is 84.5 cm³/mol. The molecule has 22 heavy (non-hydrogen) atoms. The van der Waals surface area contributed by atoms with Gasteiger partial charge in [-0.2, -0.15) is 0 Å². The SMILES string of the molecule is CCC(C)c1cc(C(=O)NC2C3CCCC2CC(N)C3)on1. The second-order valence-electron chi connectivity index (χ2n) is 7.11. The fourth-order valence-corrected chi connectivity index (χ4v) is 4.08.